The maximum atomic E-state index is 11.8. The fourth-order valence-electron chi connectivity index (χ4n) is 2.57. The molecular weight excluding hydrogens is 386 g/mol. The monoisotopic (exact) mass is 408 g/mol. The number of nitrogen functional groups attached to an aromatic ring is 1. The number of carboxylic acids is 1. The van der Waals surface area contributed by atoms with Crippen LogP contribution in [0.2, 0.25) is 0 Å². The molecule has 0 radical (unpaired) electrons. The molecule has 1 unspecified atom stereocenters. The molecule has 8 nitrogen and oxygen atoms in total. The highest BCUT2D eigenvalue weighted by molar-refractivity contribution is 5.95. The molecule has 0 bridgehead atoms. The molecule has 0 amide bonds. The second-order valence-electron chi connectivity index (χ2n) is 5.81. The standard InChI is InChI=1S/C19H23N3O5.ClH/c20-18(21)13-2-4-14(5-3-13)22-17(19(25)26)15-11-12(7-8-23)1-6-16(15)27-10-9-24;/h1-6,11,17,22-24H,7-10H2,(H3,20,21)(H,25,26);1H/p-1. The fourth-order valence-corrected chi connectivity index (χ4v) is 2.57. The van der Waals surface area contributed by atoms with E-state index in [-0.39, 0.29) is 38.1 Å². The largest absolute Gasteiger partial charge is 0.548 e. The van der Waals surface area contributed by atoms with E-state index >= 15 is 0 Å². The number of rotatable bonds is 10. The van der Waals surface area contributed by atoms with E-state index in [9.17, 15) is 9.90 Å². The first kappa shape index (κ1) is 23.2. The molecule has 0 fully saturated rings. The normalized spacial score (nSPS) is 11.2. The molecule has 0 saturated carbocycles. The van der Waals surface area contributed by atoms with Gasteiger partial charge in [-0.05, 0) is 48.4 Å². The van der Waals surface area contributed by atoms with Crippen LogP contribution in [0.1, 0.15) is 22.7 Å². The average molecular weight is 409 g/mol. The van der Waals surface area contributed by atoms with Crippen molar-refractivity contribution in [3.63, 3.8) is 0 Å². The second kappa shape index (κ2) is 11.1. The van der Waals surface area contributed by atoms with Crippen LogP contribution >= 0.6 is 12.4 Å². The van der Waals surface area contributed by atoms with E-state index in [1.54, 1.807) is 42.5 Å². The van der Waals surface area contributed by atoms with Crippen molar-refractivity contribution in [2.45, 2.75) is 12.5 Å². The molecular formula is C19H23ClN3O5-. The molecule has 0 aromatic heterocycles. The van der Waals surface area contributed by atoms with Crippen molar-refractivity contribution < 1.29 is 24.9 Å². The van der Waals surface area contributed by atoms with Gasteiger partial charge >= 0.3 is 0 Å². The number of nitrogens with one attached hydrogen (secondary N) is 2. The van der Waals surface area contributed by atoms with Crippen LogP contribution < -0.4 is 20.9 Å². The molecule has 0 spiro atoms. The molecule has 0 saturated heterocycles. The highest BCUT2D eigenvalue weighted by atomic mass is 35.5. The van der Waals surface area contributed by atoms with Crippen molar-refractivity contribution in [3.05, 3.63) is 59.2 Å². The Balaban J connectivity index is 0.00000392. The predicted octanol–water partition coefficient (Wildman–Crippen LogP) is 0.201. The maximum Gasteiger partial charge on any atom is 0.125 e. The molecule has 2 aromatic carbocycles. The SMILES string of the molecule is Cl.N=C(N)c1ccc(NC(C(=O)[O-])c2cc(CCO)ccc2OCCO)cc1. The third kappa shape index (κ3) is 6.12. The summed E-state index contributed by atoms with van der Waals surface area (Å²) in [5, 5.41) is 40.2. The van der Waals surface area contributed by atoms with Gasteiger partial charge in [0, 0.05) is 23.4 Å². The van der Waals surface area contributed by atoms with Crippen LogP contribution in [0.4, 0.5) is 5.69 Å². The molecule has 0 heterocycles. The first-order valence-corrected chi connectivity index (χ1v) is 8.35. The van der Waals surface area contributed by atoms with Gasteiger partial charge in [0.15, 0.2) is 0 Å². The summed E-state index contributed by atoms with van der Waals surface area (Å²) >= 11 is 0. The summed E-state index contributed by atoms with van der Waals surface area (Å²) in [7, 11) is 0. The lowest BCUT2D eigenvalue weighted by Crippen LogP contribution is -2.34. The Morgan fingerprint density at radius 2 is 1.86 bits per heavy atom. The Labute approximate surface area is 168 Å². The molecule has 2 rings (SSSR count). The zero-order valence-electron chi connectivity index (χ0n) is 15.1. The number of halogens is 1. The van der Waals surface area contributed by atoms with E-state index < -0.39 is 12.0 Å². The third-order valence-corrected chi connectivity index (χ3v) is 3.88. The Morgan fingerprint density at radius 3 is 2.39 bits per heavy atom. The number of ether oxygens (including phenoxy) is 1. The predicted molar refractivity (Wildman–Crippen MR) is 106 cm³/mol. The van der Waals surface area contributed by atoms with Crippen LogP contribution in [0, 0.1) is 5.41 Å². The van der Waals surface area contributed by atoms with E-state index in [1.165, 1.54) is 0 Å². The number of amidine groups is 1. The van der Waals surface area contributed by atoms with Gasteiger partial charge in [0.2, 0.25) is 0 Å². The Hall–Kier alpha value is -2.81. The first-order chi connectivity index (χ1) is 13.0. The summed E-state index contributed by atoms with van der Waals surface area (Å²) in [6.45, 7) is -0.278. The summed E-state index contributed by atoms with van der Waals surface area (Å²) < 4.78 is 5.45. The molecule has 2 aromatic rings. The van der Waals surface area contributed by atoms with E-state index in [4.69, 9.17) is 26.1 Å². The molecule has 0 aliphatic carbocycles. The Bertz CT molecular complexity index is 799. The Morgan fingerprint density at radius 1 is 1.18 bits per heavy atom. The molecule has 1 atom stereocenters. The zero-order valence-corrected chi connectivity index (χ0v) is 15.9. The smallest absolute Gasteiger partial charge is 0.125 e. The van der Waals surface area contributed by atoms with Crippen LogP contribution in [0.5, 0.6) is 5.75 Å². The molecule has 6 N–H and O–H groups in total. The first-order valence-electron chi connectivity index (χ1n) is 8.35. The number of aliphatic carboxylic acids is 1. The summed E-state index contributed by atoms with van der Waals surface area (Å²) in [5.74, 6) is -1.15. The number of aliphatic hydroxyl groups is 2. The number of benzene rings is 2. The zero-order chi connectivity index (χ0) is 19.8. The lowest BCUT2D eigenvalue weighted by atomic mass is 10.0. The van der Waals surface area contributed by atoms with Gasteiger partial charge < -0.3 is 35.9 Å². The molecule has 152 valence electrons. The number of nitrogens with two attached hydrogens (primary N) is 1. The van der Waals surface area contributed by atoms with Crippen LogP contribution in [0.3, 0.4) is 0 Å². The van der Waals surface area contributed by atoms with Gasteiger partial charge in [0.25, 0.3) is 0 Å². The van der Waals surface area contributed by atoms with Gasteiger partial charge in [0.05, 0.1) is 18.6 Å². The highest BCUT2D eigenvalue weighted by Crippen LogP contribution is 2.29. The van der Waals surface area contributed by atoms with Crippen molar-refractivity contribution in [1.29, 1.82) is 5.41 Å². The van der Waals surface area contributed by atoms with Gasteiger partial charge in [-0.2, -0.15) is 0 Å². The number of hydrogen-bond donors (Lipinski definition) is 5. The van der Waals surface area contributed by atoms with Crippen molar-refractivity contribution in [2.75, 3.05) is 25.1 Å². The fraction of sp³-hybridized carbons (Fsp3) is 0.263. The van der Waals surface area contributed by atoms with Gasteiger partial charge in [-0.25, -0.2) is 0 Å². The molecule has 0 aliphatic rings. The topological polar surface area (TPSA) is 152 Å². The summed E-state index contributed by atoms with van der Waals surface area (Å²) in [6.07, 6.45) is 0.361. The quantitative estimate of drug-likeness (QED) is 0.278. The minimum absolute atomic E-state index is 0. The summed E-state index contributed by atoms with van der Waals surface area (Å²) in [4.78, 5) is 11.8. The van der Waals surface area contributed by atoms with Crippen molar-refractivity contribution in [2.24, 2.45) is 5.73 Å². The number of carbonyl (C=O) groups excluding carboxylic acids is 1. The second-order valence-corrected chi connectivity index (χ2v) is 5.81. The van der Waals surface area contributed by atoms with E-state index in [1.807, 2.05) is 0 Å². The van der Waals surface area contributed by atoms with Crippen LogP contribution in [-0.2, 0) is 11.2 Å². The number of aliphatic hydroxyl groups excluding tert-OH is 2. The maximum absolute atomic E-state index is 11.8. The van der Waals surface area contributed by atoms with Gasteiger partial charge in [-0.15, -0.1) is 12.4 Å². The molecule has 9 heteroatoms. The number of hydrogen-bond acceptors (Lipinski definition) is 7. The number of anilines is 1. The van der Waals surface area contributed by atoms with Gasteiger partial charge in [-0.1, -0.05) is 6.07 Å². The minimum Gasteiger partial charge on any atom is -0.548 e. The lowest BCUT2D eigenvalue weighted by molar-refractivity contribution is -0.307. The highest BCUT2D eigenvalue weighted by Gasteiger charge is 2.19. The summed E-state index contributed by atoms with van der Waals surface area (Å²) in [6, 6.07) is 10.1. The molecule has 0 aliphatic heterocycles. The van der Waals surface area contributed by atoms with Crippen molar-refractivity contribution in [3.8, 4) is 5.75 Å². The van der Waals surface area contributed by atoms with Crippen LogP contribution in [0.15, 0.2) is 42.5 Å². The number of carboxylic acid groups (broad SMARTS) is 1. The lowest BCUT2D eigenvalue weighted by Gasteiger charge is -2.24. The van der Waals surface area contributed by atoms with Gasteiger partial charge in [0.1, 0.15) is 18.2 Å². The Kier molecular flexibility index (Phi) is 9.23. The molecule has 28 heavy (non-hydrogen) atoms. The average Bonchev–Trinajstić information content (AvgIpc) is 2.65. The third-order valence-electron chi connectivity index (χ3n) is 3.88. The van der Waals surface area contributed by atoms with E-state index in [0.29, 0.717) is 29.0 Å². The van der Waals surface area contributed by atoms with E-state index in [2.05, 4.69) is 5.32 Å². The van der Waals surface area contributed by atoms with Crippen molar-refractivity contribution >= 4 is 29.9 Å². The number of carbonyl (C=O) groups is 1. The summed E-state index contributed by atoms with van der Waals surface area (Å²) in [5.41, 5.74) is 7.49. The van der Waals surface area contributed by atoms with Crippen LogP contribution in [0.25, 0.3) is 0 Å². The van der Waals surface area contributed by atoms with Crippen LogP contribution in [-0.4, -0.2) is 41.8 Å². The van der Waals surface area contributed by atoms with Crippen molar-refractivity contribution in [1.82, 2.24) is 0 Å². The minimum atomic E-state index is -1.36. The van der Waals surface area contributed by atoms with E-state index in [0.717, 1.165) is 5.56 Å². The van der Waals surface area contributed by atoms with Gasteiger partial charge in [-0.3, -0.25) is 5.41 Å².